The molecule has 1 unspecified atom stereocenters. The number of nitrogens with one attached hydrogen (secondary N) is 1. The number of nitrogens with zero attached hydrogens (tertiary/aromatic N) is 1. The van der Waals surface area contributed by atoms with Crippen molar-refractivity contribution in [3.05, 3.63) is 68.7 Å². The van der Waals surface area contributed by atoms with Gasteiger partial charge < -0.3 is 0 Å². The Hall–Kier alpha value is -1.43. The summed E-state index contributed by atoms with van der Waals surface area (Å²) in [5.74, 6) is 0. The molecule has 1 N–H and O–H groups in total. The highest BCUT2D eigenvalue weighted by Crippen LogP contribution is 2.47. The minimum absolute atomic E-state index is 0.0154. The Morgan fingerprint density at radius 3 is 2.12 bits per heavy atom. The van der Waals surface area contributed by atoms with Gasteiger partial charge in [-0.1, -0.05) is 65.1 Å². The van der Waals surface area contributed by atoms with E-state index in [-0.39, 0.29) is 27.1 Å². The molecular formula is C16H10Cl3F3N2. The highest BCUT2D eigenvalue weighted by atomic mass is 35.5. The van der Waals surface area contributed by atoms with Crippen LogP contribution in [0.3, 0.4) is 0 Å². The Bertz CT molecular complexity index is 783. The minimum atomic E-state index is -4.62. The van der Waals surface area contributed by atoms with Gasteiger partial charge in [-0.2, -0.15) is 18.3 Å². The second-order valence-electron chi connectivity index (χ2n) is 5.37. The van der Waals surface area contributed by atoms with E-state index >= 15 is 0 Å². The van der Waals surface area contributed by atoms with Crippen LogP contribution in [0.4, 0.5) is 13.2 Å². The predicted octanol–water partition coefficient (Wildman–Crippen LogP) is 5.80. The monoisotopic (exact) mass is 392 g/mol. The number of hydrazone groups is 1. The highest BCUT2D eigenvalue weighted by molar-refractivity contribution is 6.48. The second-order valence-corrected chi connectivity index (χ2v) is 6.56. The zero-order valence-corrected chi connectivity index (χ0v) is 14.2. The van der Waals surface area contributed by atoms with Crippen molar-refractivity contribution in [3.8, 4) is 0 Å². The van der Waals surface area contributed by atoms with Gasteiger partial charge in [0.1, 0.15) is 0 Å². The van der Waals surface area contributed by atoms with Gasteiger partial charge in [-0.15, -0.1) is 0 Å². The topological polar surface area (TPSA) is 24.4 Å². The molecule has 8 heteroatoms. The van der Waals surface area contributed by atoms with Crippen LogP contribution >= 0.6 is 34.8 Å². The number of benzene rings is 2. The Balaban J connectivity index is 2.07. The molecule has 2 aromatic carbocycles. The van der Waals surface area contributed by atoms with Crippen molar-refractivity contribution in [2.75, 3.05) is 0 Å². The summed E-state index contributed by atoms with van der Waals surface area (Å²) in [4.78, 5) is 0. The Morgan fingerprint density at radius 1 is 1.00 bits per heavy atom. The summed E-state index contributed by atoms with van der Waals surface area (Å²) in [5.41, 5.74) is 0.624. The fourth-order valence-electron chi connectivity index (χ4n) is 2.59. The lowest BCUT2D eigenvalue weighted by Crippen LogP contribution is -2.49. The fourth-order valence-corrected chi connectivity index (χ4v) is 3.18. The Morgan fingerprint density at radius 2 is 1.58 bits per heavy atom. The molecule has 0 saturated carbocycles. The fraction of sp³-hybridized carbons (Fsp3) is 0.188. The molecule has 0 spiro atoms. The Kier molecular flexibility index (Phi) is 4.45. The maximum atomic E-state index is 13.9. The van der Waals surface area contributed by atoms with Gasteiger partial charge in [0, 0.05) is 6.42 Å². The zero-order valence-electron chi connectivity index (χ0n) is 12.0. The molecule has 1 heterocycles. The van der Waals surface area contributed by atoms with E-state index in [9.17, 15) is 13.2 Å². The molecule has 0 saturated heterocycles. The number of alkyl halides is 3. The molecule has 0 aromatic heterocycles. The molecular weight excluding hydrogens is 384 g/mol. The molecule has 0 amide bonds. The minimum Gasteiger partial charge on any atom is -0.290 e. The maximum Gasteiger partial charge on any atom is 0.417 e. The van der Waals surface area contributed by atoms with Crippen LogP contribution in [-0.4, -0.2) is 11.9 Å². The van der Waals surface area contributed by atoms with Gasteiger partial charge in [0.25, 0.3) is 0 Å². The molecule has 0 aliphatic carbocycles. The molecule has 126 valence electrons. The highest BCUT2D eigenvalue weighted by Gasteiger charge is 2.59. The van der Waals surface area contributed by atoms with Gasteiger partial charge in [-0.05, 0) is 23.3 Å². The first kappa shape index (κ1) is 17.4. The van der Waals surface area contributed by atoms with E-state index in [0.29, 0.717) is 11.3 Å². The van der Waals surface area contributed by atoms with Gasteiger partial charge in [0.15, 0.2) is 5.54 Å². The normalized spacial score (nSPS) is 20.7. The van der Waals surface area contributed by atoms with E-state index < -0.39 is 11.7 Å². The van der Waals surface area contributed by atoms with Crippen LogP contribution in [0.25, 0.3) is 0 Å². The smallest absolute Gasteiger partial charge is 0.290 e. The van der Waals surface area contributed by atoms with Crippen LogP contribution in [0.2, 0.25) is 15.1 Å². The standard InChI is InChI=1S/C16H10Cl3F3N2/c17-11-6-10(7-12(18)14(11)19)15(16(20,21)22)8-13(23-24-15)9-4-2-1-3-5-9/h1-7,24H,8H2. The summed E-state index contributed by atoms with van der Waals surface area (Å²) in [6.45, 7) is 0. The van der Waals surface area contributed by atoms with E-state index in [0.717, 1.165) is 0 Å². The third-order valence-electron chi connectivity index (χ3n) is 3.88. The number of rotatable bonds is 2. The molecule has 1 aliphatic heterocycles. The van der Waals surface area contributed by atoms with Crippen LogP contribution in [0.15, 0.2) is 47.6 Å². The number of hydrogen-bond acceptors (Lipinski definition) is 2. The summed E-state index contributed by atoms with van der Waals surface area (Å²) in [7, 11) is 0. The van der Waals surface area contributed by atoms with Gasteiger partial charge in [-0.3, -0.25) is 5.43 Å². The van der Waals surface area contributed by atoms with E-state index in [1.165, 1.54) is 12.1 Å². The lowest BCUT2D eigenvalue weighted by Gasteiger charge is -2.32. The largest absolute Gasteiger partial charge is 0.417 e. The van der Waals surface area contributed by atoms with E-state index in [4.69, 9.17) is 34.8 Å². The van der Waals surface area contributed by atoms with E-state index in [1.54, 1.807) is 30.3 Å². The molecule has 2 nitrogen and oxygen atoms in total. The lowest BCUT2D eigenvalue weighted by molar-refractivity contribution is -0.196. The molecule has 1 atom stereocenters. The predicted molar refractivity (Wildman–Crippen MR) is 89.9 cm³/mol. The molecule has 1 aliphatic rings. The van der Waals surface area contributed by atoms with Crippen molar-refractivity contribution in [1.82, 2.24) is 5.43 Å². The quantitative estimate of drug-likeness (QED) is 0.641. The van der Waals surface area contributed by atoms with E-state index in [1.807, 2.05) is 0 Å². The van der Waals surface area contributed by atoms with Crippen LogP contribution in [0.5, 0.6) is 0 Å². The Labute approximate surface area is 151 Å². The van der Waals surface area contributed by atoms with Crippen LogP contribution in [0, 0.1) is 0 Å². The lowest BCUT2D eigenvalue weighted by atomic mass is 9.84. The SMILES string of the molecule is FC(F)(F)C1(c2cc(Cl)c(Cl)c(Cl)c2)CC(c2ccccc2)=NN1. The van der Waals surface area contributed by atoms with Crippen molar-refractivity contribution in [1.29, 1.82) is 0 Å². The number of hydrogen-bond donors (Lipinski definition) is 1. The third kappa shape index (κ3) is 2.85. The molecule has 0 bridgehead atoms. The van der Waals surface area contributed by atoms with Gasteiger partial charge >= 0.3 is 6.18 Å². The van der Waals surface area contributed by atoms with Gasteiger partial charge in [0.2, 0.25) is 0 Å². The summed E-state index contributed by atoms with van der Waals surface area (Å²) < 4.78 is 41.7. The molecule has 3 rings (SSSR count). The average molecular weight is 394 g/mol. The van der Waals surface area contributed by atoms with Crippen LogP contribution in [-0.2, 0) is 5.54 Å². The van der Waals surface area contributed by atoms with Crippen LogP contribution in [0.1, 0.15) is 17.5 Å². The molecule has 24 heavy (non-hydrogen) atoms. The first-order chi connectivity index (χ1) is 11.2. The summed E-state index contributed by atoms with van der Waals surface area (Å²) >= 11 is 17.7. The molecule has 0 fully saturated rings. The molecule has 2 aromatic rings. The second kappa shape index (κ2) is 6.14. The van der Waals surface area contributed by atoms with Gasteiger partial charge in [-0.25, -0.2) is 0 Å². The number of halogens is 6. The van der Waals surface area contributed by atoms with Crippen molar-refractivity contribution in [2.24, 2.45) is 5.10 Å². The first-order valence-electron chi connectivity index (χ1n) is 6.85. The molecule has 0 radical (unpaired) electrons. The zero-order chi connectivity index (χ0) is 17.5. The van der Waals surface area contributed by atoms with Gasteiger partial charge in [0.05, 0.1) is 20.8 Å². The van der Waals surface area contributed by atoms with Crippen LogP contribution < -0.4 is 5.43 Å². The van der Waals surface area contributed by atoms with Crippen molar-refractivity contribution >= 4 is 40.5 Å². The summed E-state index contributed by atoms with van der Waals surface area (Å²) in [6, 6.07) is 11.0. The van der Waals surface area contributed by atoms with E-state index in [2.05, 4.69) is 10.5 Å². The summed E-state index contributed by atoms with van der Waals surface area (Å²) in [5, 5.41) is 3.84. The van der Waals surface area contributed by atoms with Crippen molar-refractivity contribution < 1.29 is 13.2 Å². The third-order valence-corrected chi connectivity index (χ3v) is 5.08. The average Bonchev–Trinajstić information content (AvgIpc) is 2.99. The van der Waals surface area contributed by atoms with Crippen molar-refractivity contribution in [3.63, 3.8) is 0 Å². The maximum absolute atomic E-state index is 13.9. The summed E-state index contributed by atoms with van der Waals surface area (Å²) in [6.07, 6.45) is -5.00. The van der Waals surface area contributed by atoms with Crippen molar-refractivity contribution in [2.45, 2.75) is 18.1 Å². The first-order valence-corrected chi connectivity index (χ1v) is 7.99.